The van der Waals surface area contributed by atoms with Crippen LogP contribution < -0.4 is 4.74 Å². The summed E-state index contributed by atoms with van der Waals surface area (Å²) < 4.78 is 10.8. The third-order valence-electron chi connectivity index (χ3n) is 2.75. The summed E-state index contributed by atoms with van der Waals surface area (Å²) in [5, 5.41) is 19.6. The Balaban J connectivity index is 2.21. The van der Waals surface area contributed by atoms with Crippen LogP contribution in [-0.4, -0.2) is 24.2 Å². The average molecular weight is 248 g/mol. The predicted octanol–water partition coefficient (Wildman–Crippen LogP) is 2.02. The van der Waals surface area contributed by atoms with Gasteiger partial charge in [0.15, 0.2) is 5.75 Å². The number of nitriles is 1. The van der Waals surface area contributed by atoms with Gasteiger partial charge in [0.25, 0.3) is 0 Å². The van der Waals surface area contributed by atoms with Gasteiger partial charge in [-0.3, -0.25) is 10.1 Å². The van der Waals surface area contributed by atoms with Crippen LogP contribution in [0.3, 0.4) is 0 Å². The lowest BCUT2D eigenvalue weighted by atomic mass is 10.1. The van der Waals surface area contributed by atoms with Gasteiger partial charge in [0.2, 0.25) is 0 Å². The van der Waals surface area contributed by atoms with Crippen molar-refractivity contribution in [2.75, 3.05) is 13.2 Å². The van der Waals surface area contributed by atoms with Gasteiger partial charge in [-0.1, -0.05) is 0 Å². The van der Waals surface area contributed by atoms with E-state index in [4.69, 9.17) is 14.7 Å². The van der Waals surface area contributed by atoms with E-state index >= 15 is 0 Å². The van der Waals surface area contributed by atoms with Crippen LogP contribution in [-0.2, 0) is 4.74 Å². The monoisotopic (exact) mass is 248 g/mol. The number of hydrogen-bond donors (Lipinski definition) is 0. The largest absolute Gasteiger partial charge is 0.483 e. The lowest BCUT2D eigenvalue weighted by Gasteiger charge is -2.23. The number of nitro benzene ring substituents is 1. The van der Waals surface area contributed by atoms with Crippen LogP contribution >= 0.6 is 0 Å². The predicted molar refractivity (Wildman–Crippen MR) is 62.3 cm³/mol. The highest BCUT2D eigenvalue weighted by Gasteiger charge is 2.21. The molecule has 18 heavy (non-hydrogen) atoms. The van der Waals surface area contributed by atoms with Crippen LogP contribution in [0.4, 0.5) is 5.69 Å². The minimum Gasteiger partial charge on any atom is -0.483 e. The summed E-state index contributed by atoms with van der Waals surface area (Å²) in [5.74, 6) is 0.214. The molecule has 1 aromatic carbocycles. The van der Waals surface area contributed by atoms with E-state index in [9.17, 15) is 10.1 Å². The lowest BCUT2D eigenvalue weighted by molar-refractivity contribution is -0.386. The summed E-state index contributed by atoms with van der Waals surface area (Å²) in [4.78, 5) is 10.4. The number of nitro groups is 1. The molecule has 0 aromatic heterocycles. The molecule has 1 saturated heterocycles. The van der Waals surface area contributed by atoms with Gasteiger partial charge >= 0.3 is 5.69 Å². The van der Waals surface area contributed by atoms with E-state index in [1.807, 2.05) is 6.07 Å². The number of benzene rings is 1. The molecule has 1 aromatic rings. The van der Waals surface area contributed by atoms with Crippen LogP contribution in [0.15, 0.2) is 18.2 Å². The summed E-state index contributed by atoms with van der Waals surface area (Å²) in [5.41, 5.74) is 0.0848. The molecular formula is C12H12N2O4. The second kappa shape index (κ2) is 5.47. The first-order valence-corrected chi connectivity index (χ1v) is 5.63. The fraction of sp³-hybridized carbons (Fsp3) is 0.417. The van der Waals surface area contributed by atoms with Crippen molar-refractivity contribution < 1.29 is 14.4 Å². The maximum absolute atomic E-state index is 10.9. The zero-order valence-electron chi connectivity index (χ0n) is 9.67. The van der Waals surface area contributed by atoms with Crippen LogP contribution in [0.5, 0.6) is 5.75 Å². The standard InChI is InChI=1S/C12H12N2O4/c13-8-9-1-2-12(11(7-9)14(15)16)18-10-3-5-17-6-4-10/h1-2,7,10H,3-6H2. The molecule has 0 amide bonds. The number of rotatable bonds is 3. The Bertz CT molecular complexity index is 489. The molecule has 0 saturated carbocycles. The number of ether oxygens (including phenoxy) is 2. The van der Waals surface area contributed by atoms with Crippen molar-refractivity contribution in [1.82, 2.24) is 0 Å². The Hall–Kier alpha value is -2.13. The fourth-order valence-corrected chi connectivity index (χ4v) is 1.80. The zero-order valence-corrected chi connectivity index (χ0v) is 9.67. The maximum Gasteiger partial charge on any atom is 0.312 e. The molecule has 0 N–H and O–H groups in total. The third-order valence-corrected chi connectivity index (χ3v) is 2.75. The molecule has 0 unspecified atom stereocenters. The van der Waals surface area contributed by atoms with Crippen molar-refractivity contribution in [3.8, 4) is 11.8 Å². The van der Waals surface area contributed by atoms with E-state index in [1.165, 1.54) is 18.2 Å². The second-order valence-electron chi connectivity index (χ2n) is 3.98. The highest BCUT2D eigenvalue weighted by Crippen LogP contribution is 2.30. The van der Waals surface area contributed by atoms with E-state index in [0.29, 0.717) is 13.2 Å². The smallest absolute Gasteiger partial charge is 0.312 e. The van der Waals surface area contributed by atoms with Gasteiger partial charge in [-0.15, -0.1) is 0 Å². The molecule has 1 fully saturated rings. The van der Waals surface area contributed by atoms with Crippen LogP contribution in [0.25, 0.3) is 0 Å². The second-order valence-corrected chi connectivity index (χ2v) is 3.98. The third kappa shape index (κ3) is 2.76. The first kappa shape index (κ1) is 12.3. The molecule has 2 rings (SSSR count). The van der Waals surface area contributed by atoms with Crippen LogP contribution in [0.2, 0.25) is 0 Å². The molecule has 0 bridgehead atoms. The SMILES string of the molecule is N#Cc1ccc(OC2CCOCC2)c([N+](=O)[O-])c1. The number of hydrogen-bond acceptors (Lipinski definition) is 5. The van der Waals surface area contributed by atoms with Gasteiger partial charge in [-0.25, -0.2) is 0 Å². The van der Waals surface area contributed by atoms with Gasteiger partial charge in [0.05, 0.1) is 29.8 Å². The van der Waals surface area contributed by atoms with Crippen LogP contribution in [0, 0.1) is 21.4 Å². The Morgan fingerprint density at radius 2 is 2.17 bits per heavy atom. The van der Waals surface area contributed by atoms with Crippen LogP contribution in [0.1, 0.15) is 18.4 Å². The van der Waals surface area contributed by atoms with Crippen molar-refractivity contribution in [2.24, 2.45) is 0 Å². The summed E-state index contributed by atoms with van der Waals surface area (Å²) >= 11 is 0. The van der Waals surface area contributed by atoms with Gasteiger partial charge in [0.1, 0.15) is 6.10 Å². The molecule has 0 radical (unpaired) electrons. The summed E-state index contributed by atoms with van der Waals surface area (Å²) in [6, 6.07) is 6.10. The molecule has 0 spiro atoms. The van der Waals surface area contributed by atoms with E-state index in [2.05, 4.69) is 0 Å². The Labute approximate surface area is 104 Å². The number of nitrogens with zero attached hydrogens (tertiary/aromatic N) is 2. The van der Waals surface area contributed by atoms with Crippen molar-refractivity contribution in [2.45, 2.75) is 18.9 Å². The first-order chi connectivity index (χ1) is 8.70. The molecule has 6 heteroatoms. The van der Waals surface area contributed by atoms with E-state index < -0.39 is 4.92 Å². The average Bonchev–Trinajstić information content (AvgIpc) is 2.40. The van der Waals surface area contributed by atoms with Gasteiger partial charge in [-0.05, 0) is 12.1 Å². The van der Waals surface area contributed by atoms with Gasteiger partial charge in [-0.2, -0.15) is 5.26 Å². The molecule has 94 valence electrons. The highest BCUT2D eigenvalue weighted by atomic mass is 16.6. The molecule has 6 nitrogen and oxygen atoms in total. The Morgan fingerprint density at radius 1 is 1.44 bits per heavy atom. The molecular weight excluding hydrogens is 236 g/mol. The molecule has 1 aliphatic rings. The van der Waals surface area contributed by atoms with E-state index in [0.717, 1.165) is 12.8 Å². The van der Waals surface area contributed by atoms with E-state index in [-0.39, 0.29) is 23.1 Å². The van der Waals surface area contributed by atoms with Crippen molar-refractivity contribution in [3.05, 3.63) is 33.9 Å². The summed E-state index contributed by atoms with van der Waals surface area (Å²) in [7, 11) is 0. The van der Waals surface area contributed by atoms with Gasteiger partial charge < -0.3 is 9.47 Å². The maximum atomic E-state index is 10.9. The molecule has 1 aliphatic heterocycles. The molecule has 0 atom stereocenters. The van der Waals surface area contributed by atoms with Gasteiger partial charge in [0, 0.05) is 18.9 Å². The topological polar surface area (TPSA) is 85.4 Å². The molecule has 1 heterocycles. The minimum atomic E-state index is -0.532. The Morgan fingerprint density at radius 3 is 2.78 bits per heavy atom. The fourth-order valence-electron chi connectivity index (χ4n) is 1.80. The first-order valence-electron chi connectivity index (χ1n) is 5.63. The van der Waals surface area contributed by atoms with Crippen molar-refractivity contribution in [3.63, 3.8) is 0 Å². The summed E-state index contributed by atoms with van der Waals surface area (Å²) in [6.45, 7) is 1.21. The lowest BCUT2D eigenvalue weighted by Crippen LogP contribution is -2.26. The highest BCUT2D eigenvalue weighted by molar-refractivity contribution is 5.51. The zero-order chi connectivity index (χ0) is 13.0. The normalized spacial score (nSPS) is 15.9. The Kier molecular flexibility index (Phi) is 3.75. The van der Waals surface area contributed by atoms with Crippen molar-refractivity contribution >= 4 is 5.69 Å². The van der Waals surface area contributed by atoms with E-state index in [1.54, 1.807) is 0 Å². The molecule has 0 aliphatic carbocycles. The van der Waals surface area contributed by atoms with Crippen molar-refractivity contribution in [1.29, 1.82) is 5.26 Å². The quantitative estimate of drug-likeness (QED) is 0.603. The minimum absolute atomic E-state index is 0.0645. The summed E-state index contributed by atoms with van der Waals surface area (Å²) in [6.07, 6.45) is 1.37.